The Labute approximate surface area is 161 Å². The maximum Gasteiger partial charge on any atom is 0.220 e. The van der Waals surface area contributed by atoms with Gasteiger partial charge in [-0.05, 0) is 56.2 Å². The number of amides is 1. The summed E-state index contributed by atoms with van der Waals surface area (Å²) in [5.74, 6) is 0.526. The first-order valence-electron chi connectivity index (χ1n) is 9.84. The molecule has 0 aliphatic heterocycles. The SMILES string of the molecule is Cc1nn(CCC#N)c(C)c1CCC(=O)NCC1CCCc2ccccc21. The van der Waals surface area contributed by atoms with Gasteiger partial charge in [0.1, 0.15) is 0 Å². The highest BCUT2D eigenvalue weighted by molar-refractivity contribution is 5.76. The van der Waals surface area contributed by atoms with E-state index in [2.05, 4.69) is 40.8 Å². The Morgan fingerprint density at radius 3 is 3.00 bits per heavy atom. The van der Waals surface area contributed by atoms with Gasteiger partial charge >= 0.3 is 0 Å². The van der Waals surface area contributed by atoms with Crippen molar-refractivity contribution in [2.45, 2.75) is 64.8 Å². The number of benzene rings is 1. The second-order valence-corrected chi connectivity index (χ2v) is 7.37. The Morgan fingerprint density at radius 1 is 1.37 bits per heavy atom. The number of nitrogens with one attached hydrogen (secondary N) is 1. The van der Waals surface area contributed by atoms with Gasteiger partial charge in [-0.15, -0.1) is 0 Å². The van der Waals surface area contributed by atoms with Crippen LogP contribution >= 0.6 is 0 Å². The van der Waals surface area contributed by atoms with Crippen molar-refractivity contribution < 1.29 is 4.79 Å². The van der Waals surface area contributed by atoms with E-state index >= 15 is 0 Å². The van der Waals surface area contributed by atoms with Crippen LogP contribution in [0.5, 0.6) is 0 Å². The number of hydrogen-bond donors (Lipinski definition) is 1. The standard InChI is InChI=1S/C22H28N4O/c1-16-20(17(2)26(25-16)14-6-13-23)11-12-22(27)24-15-19-9-5-8-18-7-3-4-10-21(18)19/h3-4,7,10,19H,5-6,8-9,11-12,14-15H2,1-2H3,(H,24,27). The summed E-state index contributed by atoms with van der Waals surface area (Å²) >= 11 is 0. The number of aromatic nitrogens is 2. The Hall–Kier alpha value is -2.61. The van der Waals surface area contributed by atoms with E-state index in [0.29, 0.717) is 31.7 Å². The largest absolute Gasteiger partial charge is 0.355 e. The van der Waals surface area contributed by atoms with Crippen LogP contribution in [0.15, 0.2) is 24.3 Å². The molecule has 1 aliphatic carbocycles. The van der Waals surface area contributed by atoms with E-state index in [1.165, 1.54) is 17.5 Å². The third-order valence-corrected chi connectivity index (χ3v) is 5.61. The summed E-state index contributed by atoms with van der Waals surface area (Å²) < 4.78 is 1.88. The van der Waals surface area contributed by atoms with Gasteiger partial charge in [0.05, 0.1) is 24.7 Å². The van der Waals surface area contributed by atoms with E-state index in [0.717, 1.165) is 36.3 Å². The van der Waals surface area contributed by atoms with E-state index in [-0.39, 0.29) is 5.91 Å². The smallest absolute Gasteiger partial charge is 0.220 e. The summed E-state index contributed by atoms with van der Waals surface area (Å²) in [4.78, 5) is 12.4. The highest BCUT2D eigenvalue weighted by Gasteiger charge is 2.20. The lowest BCUT2D eigenvalue weighted by Crippen LogP contribution is -2.30. The first kappa shape index (κ1) is 19.2. The molecule has 5 heteroatoms. The van der Waals surface area contributed by atoms with E-state index in [1.807, 2.05) is 18.5 Å². The summed E-state index contributed by atoms with van der Waals surface area (Å²) in [5.41, 5.74) is 5.98. The van der Waals surface area contributed by atoms with Gasteiger partial charge in [0.2, 0.25) is 5.91 Å². The molecule has 27 heavy (non-hydrogen) atoms. The number of carbonyl (C=O) groups excluding carboxylic acids is 1. The molecule has 0 spiro atoms. The number of aryl methyl sites for hydroxylation is 3. The van der Waals surface area contributed by atoms with Crippen LogP contribution in [-0.4, -0.2) is 22.2 Å². The summed E-state index contributed by atoms with van der Waals surface area (Å²) in [5, 5.41) is 16.4. The van der Waals surface area contributed by atoms with Crippen molar-refractivity contribution in [3.05, 3.63) is 52.3 Å². The van der Waals surface area contributed by atoms with Crippen LogP contribution in [-0.2, 0) is 24.2 Å². The van der Waals surface area contributed by atoms with Crippen molar-refractivity contribution in [1.29, 1.82) is 5.26 Å². The summed E-state index contributed by atoms with van der Waals surface area (Å²) in [6.45, 7) is 5.32. The number of hydrogen-bond acceptors (Lipinski definition) is 3. The molecule has 1 aromatic carbocycles. The number of fused-ring (bicyclic) bond motifs is 1. The molecule has 2 aromatic rings. The lowest BCUT2D eigenvalue weighted by Gasteiger charge is -2.25. The molecule has 1 unspecified atom stereocenters. The van der Waals surface area contributed by atoms with Crippen molar-refractivity contribution in [2.24, 2.45) is 0 Å². The topological polar surface area (TPSA) is 70.7 Å². The van der Waals surface area contributed by atoms with Gasteiger partial charge in [-0.1, -0.05) is 24.3 Å². The number of rotatable bonds is 7. The van der Waals surface area contributed by atoms with Crippen LogP contribution in [0.25, 0.3) is 0 Å². The van der Waals surface area contributed by atoms with Crippen molar-refractivity contribution in [2.75, 3.05) is 6.54 Å². The van der Waals surface area contributed by atoms with Crippen LogP contribution < -0.4 is 5.32 Å². The maximum atomic E-state index is 12.4. The summed E-state index contributed by atoms with van der Waals surface area (Å²) in [6.07, 6.45) is 5.09. The Morgan fingerprint density at radius 2 is 2.19 bits per heavy atom. The van der Waals surface area contributed by atoms with Crippen LogP contribution in [0, 0.1) is 25.2 Å². The minimum Gasteiger partial charge on any atom is -0.355 e. The van der Waals surface area contributed by atoms with Crippen LogP contribution in [0.3, 0.4) is 0 Å². The third-order valence-electron chi connectivity index (χ3n) is 5.61. The minimum atomic E-state index is 0.0987. The van der Waals surface area contributed by atoms with Crippen LogP contribution in [0.2, 0.25) is 0 Å². The quantitative estimate of drug-likeness (QED) is 0.816. The maximum absolute atomic E-state index is 12.4. The Balaban J connectivity index is 1.53. The van der Waals surface area contributed by atoms with Crippen LogP contribution in [0.4, 0.5) is 0 Å². The molecule has 1 atom stereocenters. The fraction of sp³-hybridized carbons (Fsp3) is 0.500. The Bertz CT molecular complexity index is 846. The number of nitrogens with zero attached hydrogens (tertiary/aromatic N) is 3. The molecule has 0 saturated carbocycles. The van der Waals surface area contributed by atoms with Crippen LogP contribution in [0.1, 0.15) is 59.7 Å². The monoisotopic (exact) mass is 364 g/mol. The van der Waals surface area contributed by atoms with Crippen molar-refractivity contribution in [3.8, 4) is 6.07 Å². The molecule has 0 bridgehead atoms. The lowest BCUT2D eigenvalue weighted by molar-refractivity contribution is -0.121. The fourth-order valence-corrected chi connectivity index (χ4v) is 4.10. The lowest BCUT2D eigenvalue weighted by atomic mass is 9.83. The predicted octanol–water partition coefficient (Wildman–Crippen LogP) is 3.58. The fourth-order valence-electron chi connectivity index (χ4n) is 4.10. The van der Waals surface area contributed by atoms with Gasteiger partial charge in [-0.3, -0.25) is 9.48 Å². The van der Waals surface area contributed by atoms with Gasteiger partial charge in [0, 0.05) is 24.6 Å². The zero-order chi connectivity index (χ0) is 19.2. The molecule has 1 N–H and O–H groups in total. The molecule has 1 aromatic heterocycles. The van der Waals surface area contributed by atoms with Gasteiger partial charge in [-0.25, -0.2) is 0 Å². The van der Waals surface area contributed by atoms with Crippen molar-refractivity contribution >= 4 is 5.91 Å². The number of carbonyl (C=O) groups is 1. The molecule has 3 rings (SSSR count). The molecule has 142 valence electrons. The van der Waals surface area contributed by atoms with Gasteiger partial charge < -0.3 is 5.32 Å². The van der Waals surface area contributed by atoms with E-state index in [1.54, 1.807) is 0 Å². The first-order valence-corrected chi connectivity index (χ1v) is 9.84. The second-order valence-electron chi connectivity index (χ2n) is 7.37. The summed E-state index contributed by atoms with van der Waals surface area (Å²) in [6, 6.07) is 10.8. The molecule has 1 aliphatic rings. The molecule has 0 saturated heterocycles. The molecule has 1 amide bonds. The zero-order valence-corrected chi connectivity index (χ0v) is 16.3. The summed E-state index contributed by atoms with van der Waals surface area (Å²) in [7, 11) is 0. The zero-order valence-electron chi connectivity index (χ0n) is 16.3. The van der Waals surface area contributed by atoms with E-state index in [4.69, 9.17) is 5.26 Å². The highest BCUT2D eigenvalue weighted by atomic mass is 16.1. The minimum absolute atomic E-state index is 0.0987. The highest BCUT2D eigenvalue weighted by Crippen LogP contribution is 2.30. The van der Waals surface area contributed by atoms with Gasteiger partial charge in [0.25, 0.3) is 0 Å². The first-order chi connectivity index (χ1) is 13.1. The average molecular weight is 364 g/mol. The molecule has 1 heterocycles. The molecular weight excluding hydrogens is 336 g/mol. The molecule has 0 fully saturated rings. The van der Waals surface area contributed by atoms with E-state index in [9.17, 15) is 4.79 Å². The third kappa shape index (κ3) is 4.57. The van der Waals surface area contributed by atoms with Gasteiger partial charge in [-0.2, -0.15) is 10.4 Å². The predicted molar refractivity (Wildman–Crippen MR) is 105 cm³/mol. The average Bonchev–Trinajstić information content (AvgIpc) is 2.96. The Kier molecular flexibility index (Phi) is 6.28. The molecule has 5 nitrogen and oxygen atoms in total. The normalized spacial score (nSPS) is 15.8. The van der Waals surface area contributed by atoms with Crippen molar-refractivity contribution in [1.82, 2.24) is 15.1 Å². The van der Waals surface area contributed by atoms with Crippen molar-refractivity contribution in [3.63, 3.8) is 0 Å². The second kappa shape index (κ2) is 8.85. The van der Waals surface area contributed by atoms with E-state index < -0.39 is 0 Å². The molecule has 0 radical (unpaired) electrons. The number of nitriles is 1. The molecular formula is C22H28N4O. The van der Waals surface area contributed by atoms with Gasteiger partial charge in [0.15, 0.2) is 0 Å².